The van der Waals surface area contributed by atoms with Crippen molar-refractivity contribution in [2.45, 2.75) is 40.2 Å². The molecule has 0 spiro atoms. The maximum atomic E-state index is 13.2. The Hall–Kier alpha value is -1.22. The Bertz CT molecular complexity index is 433. The van der Waals surface area contributed by atoms with E-state index < -0.39 is 6.10 Å². The van der Waals surface area contributed by atoms with Gasteiger partial charge in [-0.2, -0.15) is 0 Å². The lowest BCUT2D eigenvalue weighted by atomic mass is 9.84. The van der Waals surface area contributed by atoms with Crippen LogP contribution in [0.15, 0.2) is 18.2 Å². The fourth-order valence-corrected chi connectivity index (χ4v) is 2.08. The van der Waals surface area contributed by atoms with Crippen molar-refractivity contribution >= 4 is 5.78 Å². The number of ketones is 1. The molecule has 18 heavy (non-hydrogen) atoms. The summed E-state index contributed by atoms with van der Waals surface area (Å²) in [4.78, 5) is 12.2. The molecule has 0 aliphatic heterocycles. The standard InChI is InChI=1S/C15H21FO2/c1-10-6-7-12(16)8-11(10)9-13(17)14(18-5)15(2,3)4/h6-8,14H,9H2,1-5H3. The molecule has 0 saturated heterocycles. The van der Waals surface area contributed by atoms with Gasteiger partial charge in [-0.3, -0.25) is 4.79 Å². The molecule has 0 radical (unpaired) electrons. The average molecular weight is 252 g/mol. The zero-order chi connectivity index (χ0) is 13.9. The van der Waals surface area contributed by atoms with E-state index in [1.165, 1.54) is 19.2 Å². The topological polar surface area (TPSA) is 26.3 Å². The highest BCUT2D eigenvalue weighted by Gasteiger charge is 2.31. The fraction of sp³-hybridized carbons (Fsp3) is 0.533. The summed E-state index contributed by atoms with van der Waals surface area (Å²) >= 11 is 0. The summed E-state index contributed by atoms with van der Waals surface area (Å²) in [5.41, 5.74) is 1.40. The van der Waals surface area contributed by atoms with Gasteiger partial charge in [0.15, 0.2) is 5.78 Å². The Labute approximate surface area is 108 Å². The van der Waals surface area contributed by atoms with Crippen LogP contribution in [-0.2, 0) is 16.0 Å². The Morgan fingerprint density at radius 1 is 1.39 bits per heavy atom. The van der Waals surface area contributed by atoms with E-state index in [2.05, 4.69) is 0 Å². The number of ether oxygens (including phenoxy) is 1. The normalized spacial score (nSPS) is 13.4. The molecular weight excluding hydrogens is 231 g/mol. The monoisotopic (exact) mass is 252 g/mol. The third kappa shape index (κ3) is 3.64. The van der Waals surface area contributed by atoms with Gasteiger partial charge in [0.05, 0.1) is 0 Å². The summed E-state index contributed by atoms with van der Waals surface area (Å²) in [5.74, 6) is -0.327. The summed E-state index contributed by atoms with van der Waals surface area (Å²) in [6, 6.07) is 4.51. The van der Waals surface area contributed by atoms with Gasteiger partial charge < -0.3 is 4.74 Å². The van der Waals surface area contributed by atoms with Crippen molar-refractivity contribution in [1.29, 1.82) is 0 Å². The van der Waals surface area contributed by atoms with Crippen LogP contribution >= 0.6 is 0 Å². The molecule has 100 valence electrons. The third-order valence-corrected chi connectivity index (χ3v) is 2.99. The van der Waals surface area contributed by atoms with Crippen LogP contribution in [0.3, 0.4) is 0 Å². The van der Waals surface area contributed by atoms with Crippen LogP contribution in [0.4, 0.5) is 4.39 Å². The number of hydrogen-bond donors (Lipinski definition) is 0. The van der Waals surface area contributed by atoms with Gasteiger partial charge in [-0.1, -0.05) is 26.8 Å². The van der Waals surface area contributed by atoms with Crippen LogP contribution in [0.25, 0.3) is 0 Å². The minimum atomic E-state index is -0.472. The molecule has 0 saturated carbocycles. The lowest BCUT2D eigenvalue weighted by molar-refractivity contribution is -0.134. The van der Waals surface area contributed by atoms with E-state index in [1.807, 2.05) is 27.7 Å². The van der Waals surface area contributed by atoms with Crippen LogP contribution in [0.5, 0.6) is 0 Å². The first-order valence-electron chi connectivity index (χ1n) is 6.06. The van der Waals surface area contributed by atoms with Crippen LogP contribution in [0.1, 0.15) is 31.9 Å². The van der Waals surface area contributed by atoms with Gasteiger partial charge in [0.2, 0.25) is 0 Å². The quantitative estimate of drug-likeness (QED) is 0.821. The summed E-state index contributed by atoms with van der Waals surface area (Å²) in [6.45, 7) is 7.74. The van der Waals surface area contributed by atoms with E-state index in [0.717, 1.165) is 11.1 Å². The van der Waals surface area contributed by atoms with Crippen molar-refractivity contribution in [2.75, 3.05) is 7.11 Å². The number of rotatable bonds is 4. The fourth-order valence-electron chi connectivity index (χ4n) is 2.08. The molecule has 0 aliphatic carbocycles. The lowest BCUT2D eigenvalue weighted by Gasteiger charge is -2.28. The van der Waals surface area contributed by atoms with Gasteiger partial charge in [0, 0.05) is 13.5 Å². The number of benzene rings is 1. The molecule has 0 bridgehead atoms. The van der Waals surface area contributed by atoms with E-state index in [-0.39, 0.29) is 23.4 Å². The third-order valence-electron chi connectivity index (χ3n) is 2.99. The number of carbonyl (C=O) groups is 1. The second-order valence-electron chi connectivity index (χ2n) is 5.70. The van der Waals surface area contributed by atoms with Crippen LogP contribution < -0.4 is 0 Å². The first-order chi connectivity index (χ1) is 8.25. The molecule has 1 rings (SSSR count). The number of Topliss-reactive ketones (excluding diaryl/α,β-unsaturated/α-hetero) is 1. The summed E-state index contributed by atoms with van der Waals surface area (Å²) in [5, 5.41) is 0. The van der Waals surface area contributed by atoms with Crippen molar-refractivity contribution in [2.24, 2.45) is 5.41 Å². The molecule has 0 heterocycles. The molecule has 0 amide bonds. The summed E-state index contributed by atoms with van der Waals surface area (Å²) in [7, 11) is 1.53. The second kappa shape index (κ2) is 5.61. The van der Waals surface area contributed by atoms with Crippen LogP contribution in [-0.4, -0.2) is 19.0 Å². The smallest absolute Gasteiger partial charge is 0.166 e. The van der Waals surface area contributed by atoms with Gasteiger partial charge in [0.25, 0.3) is 0 Å². The Morgan fingerprint density at radius 3 is 2.50 bits per heavy atom. The molecular formula is C15H21FO2. The molecule has 1 aromatic rings. The Morgan fingerprint density at radius 2 is 2.00 bits per heavy atom. The highest BCUT2D eigenvalue weighted by Crippen LogP contribution is 2.24. The van der Waals surface area contributed by atoms with Crippen LogP contribution in [0, 0.1) is 18.2 Å². The zero-order valence-corrected chi connectivity index (χ0v) is 11.7. The highest BCUT2D eigenvalue weighted by atomic mass is 19.1. The molecule has 3 heteroatoms. The molecule has 0 aromatic heterocycles. The maximum absolute atomic E-state index is 13.2. The molecule has 0 aliphatic rings. The number of methoxy groups -OCH3 is 1. The predicted molar refractivity (Wildman–Crippen MR) is 70.1 cm³/mol. The predicted octanol–water partition coefficient (Wildman–Crippen LogP) is 3.31. The van der Waals surface area contributed by atoms with E-state index >= 15 is 0 Å². The average Bonchev–Trinajstić information content (AvgIpc) is 2.22. The van der Waals surface area contributed by atoms with E-state index in [0.29, 0.717) is 0 Å². The van der Waals surface area contributed by atoms with Crippen molar-refractivity contribution in [3.63, 3.8) is 0 Å². The van der Waals surface area contributed by atoms with Gasteiger partial charge in [-0.05, 0) is 35.6 Å². The van der Waals surface area contributed by atoms with Gasteiger partial charge in [0.1, 0.15) is 11.9 Å². The van der Waals surface area contributed by atoms with E-state index in [1.54, 1.807) is 6.07 Å². The molecule has 1 unspecified atom stereocenters. The lowest BCUT2D eigenvalue weighted by Crippen LogP contribution is -2.37. The number of halogens is 1. The van der Waals surface area contributed by atoms with E-state index in [9.17, 15) is 9.18 Å². The molecule has 2 nitrogen and oxygen atoms in total. The first kappa shape index (κ1) is 14.8. The molecule has 0 fully saturated rings. The minimum absolute atomic E-state index is 0.0151. The minimum Gasteiger partial charge on any atom is -0.373 e. The molecule has 0 N–H and O–H groups in total. The van der Waals surface area contributed by atoms with Gasteiger partial charge in [-0.25, -0.2) is 4.39 Å². The van der Waals surface area contributed by atoms with Crippen molar-refractivity contribution < 1.29 is 13.9 Å². The number of aryl methyl sites for hydroxylation is 1. The number of hydrogen-bond acceptors (Lipinski definition) is 2. The largest absolute Gasteiger partial charge is 0.373 e. The van der Waals surface area contributed by atoms with E-state index in [4.69, 9.17) is 4.74 Å². The van der Waals surface area contributed by atoms with Crippen molar-refractivity contribution in [1.82, 2.24) is 0 Å². The van der Waals surface area contributed by atoms with Gasteiger partial charge in [-0.15, -0.1) is 0 Å². The highest BCUT2D eigenvalue weighted by molar-refractivity contribution is 5.86. The first-order valence-corrected chi connectivity index (χ1v) is 6.06. The van der Waals surface area contributed by atoms with Crippen molar-refractivity contribution in [3.05, 3.63) is 35.1 Å². The van der Waals surface area contributed by atoms with Crippen LogP contribution in [0.2, 0.25) is 0 Å². The maximum Gasteiger partial charge on any atom is 0.166 e. The summed E-state index contributed by atoms with van der Waals surface area (Å²) < 4.78 is 18.4. The van der Waals surface area contributed by atoms with Gasteiger partial charge >= 0.3 is 0 Å². The Balaban J connectivity index is 2.90. The molecule has 1 atom stereocenters. The summed E-state index contributed by atoms with van der Waals surface area (Å²) in [6.07, 6.45) is -0.264. The Kier molecular flexibility index (Phi) is 4.63. The zero-order valence-electron chi connectivity index (χ0n) is 11.7. The second-order valence-corrected chi connectivity index (χ2v) is 5.70. The SMILES string of the molecule is COC(C(=O)Cc1cc(F)ccc1C)C(C)(C)C. The van der Waals surface area contributed by atoms with Crippen molar-refractivity contribution in [3.8, 4) is 0 Å². The molecule has 1 aromatic carbocycles. The number of carbonyl (C=O) groups excluding carboxylic acids is 1.